The molecule has 0 bridgehead atoms. The van der Waals surface area contributed by atoms with Crippen molar-refractivity contribution in [1.29, 1.82) is 0 Å². The van der Waals surface area contributed by atoms with Crippen LogP contribution in [-0.4, -0.2) is 47.6 Å². The number of fused-ring (bicyclic) bond motifs is 1. The van der Waals surface area contributed by atoms with E-state index in [2.05, 4.69) is 5.32 Å². The Kier molecular flexibility index (Phi) is 9.28. The smallest absolute Gasteiger partial charge is 0.360 e. The molecule has 2 atom stereocenters. The molecular weight excluding hydrogens is 539 g/mol. The molecule has 4 rings (SSSR count). The molecule has 4 aromatic rings. The van der Waals surface area contributed by atoms with Crippen LogP contribution in [0, 0.1) is 0 Å². The van der Waals surface area contributed by atoms with Gasteiger partial charge in [-0.3, -0.25) is 4.57 Å². The van der Waals surface area contributed by atoms with Crippen molar-refractivity contribution in [3.8, 4) is 0 Å². The standard InChI is InChI=1S/C29H32ClN2O6P/c1-19(31-17-28(33)22-7-5-8-24(30)15-22)12-20-10-11-26-23(13-20)16-27(29(34)35)32(26)18-21-6-4-9-25(14-21)39(36,37-2)38-3/h4-11,13-16,19,28,31,33H,12,17-18H2,1-3H3,(H,34,35)/t19-,28+/m1/s1. The molecule has 39 heavy (non-hydrogen) atoms. The molecule has 1 heterocycles. The molecule has 0 aliphatic carbocycles. The fraction of sp³-hybridized carbons (Fsp3) is 0.276. The molecule has 0 amide bonds. The number of aromatic carboxylic acids is 1. The summed E-state index contributed by atoms with van der Waals surface area (Å²) in [5, 5.41) is 25.5. The molecule has 0 spiro atoms. The summed E-state index contributed by atoms with van der Waals surface area (Å²) in [6.07, 6.45) is 0.0120. The van der Waals surface area contributed by atoms with E-state index in [1.54, 1.807) is 41.0 Å². The molecule has 0 aliphatic heterocycles. The number of nitrogens with one attached hydrogen (secondary N) is 1. The number of aliphatic hydroxyl groups excluding tert-OH is 1. The molecular formula is C29H32ClN2O6P. The highest BCUT2D eigenvalue weighted by Crippen LogP contribution is 2.45. The van der Waals surface area contributed by atoms with Crippen molar-refractivity contribution in [1.82, 2.24) is 9.88 Å². The first-order valence-electron chi connectivity index (χ1n) is 12.5. The van der Waals surface area contributed by atoms with Gasteiger partial charge in [-0.25, -0.2) is 4.79 Å². The molecule has 0 aliphatic rings. The molecule has 3 N–H and O–H groups in total. The fourth-order valence-electron chi connectivity index (χ4n) is 4.66. The third kappa shape index (κ3) is 6.79. The van der Waals surface area contributed by atoms with E-state index in [0.717, 1.165) is 27.6 Å². The van der Waals surface area contributed by atoms with Gasteiger partial charge in [0.1, 0.15) is 5.69 Å². The van der Waals surface area contributed by atoms with Crippen LogP contribution in [-0.2, 0) is 26.6 Å². The van der Waals surface area contributed by atoms with Crippen LogP contribution >= 0.6 is 19.2 Å². The third-order valence-corrected chi connectivity index (χ3v) is 8.78. The number of rotatable bonds is 12. The number of carbonyl (C=O) groups is 1. The number of aromatic nitrogens is 1. The molecule has 0 saturated heterocycles. The molecule has 0 fully saturated rings. The van der Waals surface area contributed by atoms with Gasteiger partial charge >= 0.3 is 13.6 Å². The van der Waals surface area contributed by atoms with Gasteiger partial charge in [0.15, 0.2) is 0 Å². The van der Waals surface area contributed by atoms with Gasteiger partial charge in [0.05, 0.1) is 11.4 Å². The van der Waals surface area contributed by atoms with Crippen LogP contribution in [0.15, 0.2) is 72.8 Å². The van der Waals surface area contributed by atoms with Gasteiger partial charge in [0, 0.05) is 49.3 Å². The van der Waals surface area contributed by atoms with E-state index in [0.29, 0.717) is 23.3 Å². The zero-order chi connectivity index (χ0) is 28.2. The van der Waals surface area contributed by atoms with E-state index in [1.807, 2.05) is 43.3 Å². The predicted molar refractivity (Wildman–Crippen MR) is 153 cm³/mol. The minimum absolute atomic E-state index is 0.0670. The lowest BCUT2D eigenvalue weighted by Gasteiger charge is -2.18. The first-order valence-corrected chi connectivity index (χ1v) is 14.4. The van der Waals surface area contributed by atoms with Gasteiger partial charge < -0.3 is 29.1 Å². The van der Waals surface area contributed by atoms with Crippen LogP contribution in [0.2, 0.25) is 5.02 Å². The zero-order valence-corrected chi connectivity index (χ0v) is 23.7. The van der Waals surface area contributed by atoms with Crippen molar-refractivity contribution < 1.29 is 28.6 Å². The quantitative estimate of drug-likeness (QED) is 0.195. The molecule has 0 unspecified atom stereocenters. The van der Waals surface area contributed by atoms with Crippen molar-refractivity contribution in [3.05, 3.63) is 100 Å². The second kappa shape index (κ2) is 12.5. The second-order valence-electron chi connectivity index (χ2n) is 9.43. The summed E-state index contributed by atoms with van der Waals surface area (Å²) in [6, 6.07) is 21.8. The lowest BCUT2D eigenvalue weighted by atomic mass is 10.0. The van der Waals surface area contributed by atoms with Crippen molar-refractivity contribution >= 4 is 41.4 Å². The molecule has 8 nitrogen and oxygen atoms in total. The van der Waals surface area contributed by atoms with Gasteiger partial charge in [-0.15, -0.1) is 0 Å². The maximum absolute atomic E-state index is 12.8. The lowest BCUT2D eigenvalue weighted by molar-refractivity contribution is 0.0686. The van der Waals surface area contributed by atoms with Gasteiger partial charge in [0.25, 0.3) is 0 Å². The van der Waals surface area contributed by atoms with E-state index in [1.165, 1.54) is 14.2 Å². The number of aliphatic hydroxyl groups is 1. The number of hydrogen-bond donors (Lipinski definition) is 3. The van der Waals surface area contributed by atoms with Crippen molar-refractivity contribution in [3.63, 3.8) is 0 Å². The first-order chi connectivity index (χ1) is 18.6. The highest BCUT2D eigenvalue weighted by molar-refractivity contribution is 7.62. The van der Waals surface area contributed by atoms with Crippen LogP contribution in [0.1, 0.15) is 40.2 Å². The summed E-state index contributed by atoms with van der Waals surface area (Å²) in [5.74, 6) is -1.03. The van der Waals surface area contributed by atoms with E-state index in [9.17, 15) is 19.6 Å². The average molecular weight is 571 g/mol. The number of carboxylic acid groups (broad SMARTS) is 1. The number of carboxylic acids is 1. The highest BCUT2D eigenvalue weighted by atomic mass is 35.5. The van der Waals surface area contributed by atoms with E-state index in [-0.39, 0.29) is 18.3 Å². The zero-order valence-electron chi connectivity index (χ0n) is 22.0. The van der Waals surface area contributed by atoms with Crippen molar-refractivity contribution in [2.75, 3.05) is 20.8 Å². The van der Waals surface area contributed by atoms with Crippen LogP contribution in [0.25, 0.3) is 10.9 Å². The summed E-state index contributed by atoms with van der Waals surface area (Å²) in [4.78, 5) is 12.1. The van der Waals surface area contributed by atoms with Crippen LogP contribution in [0.5, 0.6) is 0 Å². The number of benzene rings is 3. The third-order valence-electron chi connectivity index (χ3n) is 6.67. The minimum atomic E-state index is -3.43. The summed E-state index contributed by atoms with van der Waals surface area (Å²) in [5.41, 5.74) is 3.49. The summed E-state index contributed by atoms with van der Waals surface area (Å²) in [7, 11) is -0.779. The largest absolute Gasteiger partial charge is 0.477 e. The second-order valence-corrected chi connectivity index (χ2v) is 12.1. The first kappa shape index (κ1) is 29.0. The van der Waals surface area contributed by atoms with Gasteiger partial charge in [-0.05, 0) is 72.5 Å². The van der Waals surface area contributed by atoms with Gasteiger partial charge in [0.2, 0.25) is 0 Å². The minimum Gasteiger partial charge on any atom is -0.477 e. The molecule has 206 valence electrons. The molecule has 0 radical (unpaired) electrons. The number of hydrogen-bond acceptors (Lipinski definition) is 6. The normalized spacial score (nSPS) is 13.5. The summed E-state index contributed by atoms with van der Waals surface area (Å²) >= 11 is 6.03. The number of nitrogens with zero attached hydrogens (tertiary/aromatic N) is 1. The number of halogens is 1. The monoisotopic (exact) mass is 570 g/mol. The molecule has 3 aromatic carbocycles. The van der Waals surface area contributed by atoms with E-state index < -0.39 is 19.7 Å². The topological polar surface area (TPSA) is 110 Å². The van der Waals surface area contributed by atoms with Gasteiger partial charge in [-0.1, -0.05) is 41.9 Å². The van der Waals surface area contributed by atoms with E-state index in [4.69, 9.17) is 20.6 Å². The molecule has 1 aromatic heterocycles. The Morgan fingerprint density at radius 2 is 1.77 bits per heavy atom. The Hall–Kier alpha value is -2.97. The van der Waals surface area contributed by atoms with Crippen molar-refractivity contribution in [2.24, 2.45) is 0 Å². The maximum Gasteiger partial charge on any atom is 0.360 e. The Morgan fingerprint density at radius 3 is 2.46 bits per heavy atom. The Balaban J connectivity index is 1.52. The van der Waals surface area contributed by atoms with Crippen LogP contribution < -0.4 is 10.6 Å². The predicted octanol–water partition coefficient (Wildman–Crippen LogP) is 5.41. The highest BCUT2D eigenvalue weighted by Gasteiger charge is 2.25. The maximum atomic E-state index is 12.8. The SMILES string of the molecule is COP(=O)(OC)c1cccc(Cn2c(C(=O)O)cc3cc(C[C@@H](C)NC[C@H](O)c4cccc(Cl)c4)ccc32)c1. The fourth-order valence-corrected chi connectivity index (χ4v) is 6.02. The molecule has 10 heteroatoms. The van der Waals surface area contributed by atoms with Gasteiger partial charge in [-0.2, -0.15) is 0 Å². The lowest BCUT2D eigenvalue weighted by Crippen LogP contribution is -2.32. The average Bonchev–Trinajstić information content (AvgIpc) is 3.29. The van der Waals surface area contributed by atoms with Crippen LogP contribution in [0.4, 0.5) is 0 Å². The Bertz CT molecular complexity index is 1510. The Morgan fingerprint density at radius 1 is 1.03 bits per heavy atom. The Labute approximate surface area is 232 Å². The summed E-state index contributed by atoms with van der Waals surface area (Å²) in [6.45, 7) is 2.68. The van der Waals surface area contributed by atoms with Crippen molar-refractivity contribution in [2.45, 2.75) is 32.0 Å². The van der Waals surface area contributed by atoms with E-state index >= 15 is 0 Å². The van der Waals surface area contributed by atoms with Crippen LogP contribution in [0.3, 0.4) is 0 Å². The molecule has 0 saturated carbocycles. The summed E-state index contributed by atoms with van der Waals surface area (Å²) < 4.78 is 24.8.